The van der Waals surface area contributed by atoms with E-state index in [1.165, 1.54) is 115 Å². The summed E-state index contributed by atoms with van der Waals surface area (Å²) in [5.41, 5.74) is 2.37. The lowest BCUT2D eigenvalue weighted by molar-refractivity contribution is -0.206. The Balaban J connectivity index is 1.29. The highest BCUT2D eigenvalue weighted by atomic mass is 19.1. The Bertz CT molecular complexity index is 943. The van der Waals surface area contributed by atoms with Gasteiger partial charge in [-0.1, -0.05) is 129 Å². The highest BCUT2D eigenvalue weighted by molar-refractivity contribution is 5.60. The first-order chi connectivity index (χ1) is 20.7. The molecule has 4 nitrogen and oxygen atoms in total. The standard InChI is InChI=1S/C37H58FNO3/c1-3-5-7-9-11-13-14-15-17-19-21-31-29-41-37(42-30-31)33-22-24-35(39-28-33)32-23-25-36(34(38)27-32)40-26-20-18-16-12-10-8-6-4-2/h22-25,27-28,31,37H,3-21,26,29-30H2,1-2H3/t31-,37-. The molecule has 0 saturated carbocycles. The number of rotatable bonds is 23. The summed E-state index contributed by atoms with van der Waals surface area (Å²) < 4.78 is 32.5. The van der Waals surface area contributed by atoms with Gasteiger partial charge in [0, 0.05) is 23.2 Å². The monoisotopic (exact) mass is 583 g/mol. The summed E-state index contributed by atoms with van der Waals surface area (Å²) in [5, 5.41) is 0. The maximum atomic E-state index is 14.7. The lowest BCUT2D eigenvalue weighted by atomic mass is 10.0. The van der Waals surface area contributed by atoms with Gasteiger partial charge < -0.3 is 14.2 Å². The number of hydrogen-bond donors (Lipinski definition) is 0. The SMILES string of the molecule is CCCCCCCCCCCC[C@H]1CO[C@H](c2ccc(-c3ccc(OCCCCCCCCCC)c(F)c3)nc2)OC1. The highest BCUT2D eigenvalue weighted by Gasteiger charge is 2.23. The van der Waals surface area contributed by atoms with Crippen molar-refractivity contribution in [1.29, 1.82) is 0 Å². The lowest BCUT2D eigenvalue weighted by Gasteiger charge is -2.29. The molecule has 0 spiro atoms. The van der Waals surface area contributed by atoms with Crippen LogP contribution in [0.4, 0.5) is 4.39 Å². The molecular formula is C37H58FNO3. The van der Waals surface area contributed by atoms with Crippen LogP contribution < -0.4 is 4.74 Å². The van der Waals surface area contributed by atoms with Crippen molar-refractivity contribution >= 4 is 0 Å². The average molecular weight is 584 g/mol. The molecule has 2 heterocycles. The topological polar surface area (TPSA) is 40.6 Å². The van der Waals surface area contributed by atoms with Gasteiger partial charge >= 0.3 is 0 Å². The van der Waals surface area contributed by atoms with E-state index >= 15 is 0 Å². The van der Waals surface area contributed by atoms with Gasteiger partial charge in [-0.2, -0.15) is 0 Å². The number of nitrogens with zero attached hydrogens (tertiary/aromatic N) is 1. The van der Waals surface area contributed by atoms with Crippen LogP contribution in [-0.4, -0.2) is 24.8 Å². The third-order valence-electron chi connectivity index (χ3n) is 8.47. The minimum absolute atomic E-state index is 0.315. The van der Waals surface area contributed by atoms with Gasteiger partial charge in [0.1, 0.15) is 0 Å². The fourth-order valence-corrected chi connectivity index (χ4v) is 5.73. The van der Waals surface area contributed by atoms with Crippen LogP contribution in [0, 0.1) is 11.7 Å². The van der Waals surface area contributed by atoms with Crippen LogP contribution in [-0.2, 0) is 9.47 Å². The van der Waals surface area contributed by atoms with Crippen molar-refractivity contribution in [3.63, 3.8) is 0 Å². The molecule has 0 radical (unpaired) electrons. The number of halogens is 1. The number of ether oxygens (including phenoxy) is 3. The normalized spacial score (nSPS) is 17.0. The average Bonchev–Trinajstić information content (AvgIpc) is 3.02. The van der Waals surface area contributed by atoms with E-state index in [2.05, 4.69) is 18.8 Å². The molecule has 1 fully saturated rings. The third-order valence-corrected chi connectivity index (χ3v) is 8.47. The predicted octanol–water partition coefficient (Wildman–Crippen LogP) is 11.4. The smallest absolute Gasteiger partial charge is 0.185 e. The molecule has 42 heavy (non-hydrogen) atoms. The predicted molar refractivity (Wildman–Crippen MR) is 172 cm³/mol. The van der Waals surface area contributed by atoms with E-state index in [1.807, 2.05) is 18.2 Å². The molecule has 236 valence electrons. The molecule has 3 rings (SSSR count). The summed E-state index contributed by atoms with van der Waals surface area (Å²) in [6.07, 6.45) is 26.1. The fraction of sp³-hybridized carbons (Fsp3) is 0.703. The van der Waals surface area contributed by atoms with Gasteiger partial charge in [-0.15, -0.1) is 0 Å². The number of unbranched alkanes of at least 4 members (excludes halogenated alkanes) is 16. The summed E-state index contributed by atoms with van der Waals surface area (Å²) in [7, 11) is 0. The second kappa shape index (κ2) is 21.7. The van der Waals surface area contributed by atoms with Crippen molar-refractivity contribution in [2.75, 3.05) is 19.8 Å². The van der Waals surface area contributed by atoms with Crippen molar-refractivity contribution in [3.8, 4) is 17.0 Å². The molecule has 1 aliphatic heterocycles. The van der Waals surface area contributed by atoms with Crippen LogP contribution in [0.1, 0.15) is 148 Å². The Kier molecular flexibility index (Phi) is 17.8. The quantitative estimate of drug-likeness (QED) is 0.122. The first-order valence-corrected chi connectivity index (χ1v) is 17.3. The van der Waals surface area contributed by atoms with E-state index in [4.69, 9.17) is 14.2 Å². The first-order valence-electron chi connectivity index (χ1n) is 17.3. The zero-order valence-electron chi connectivity index (χ0n) is 26.7. The zero-order valence-corrected chi connectivity index (χ0v) is 26.7. The molecule has 0 unspecified atom stereocenters. The number of benzene rings is 1. The second-order valence-electron chi connectivity index (χ2n) is 12.3. The summed E-state index contributed by atoms with van der Waals surface area (Å²) in [4.78, 5) is 4.57. The van der Waals surface area contributed by atoms with Gasteiger partial charge in [-0.25, -0.2) is 4.39 Å². The molecule has 0 bridgehead atoms. The van der Waals surface area contributed by atoms with Gasteiger partial charge in [-0.3, -0.25) is 4.98 Å². The van der Waals surface area contributed by atoms with Crippen LogP contribution in [0.5, 0.6) is 5.75 Å². The van der Waals surface area contributed by atoms with E-state index in [-0.39, 0.29) is 12.1 Å². The Labute approximate surface area is 256 Å². The van der Waals surface area contributed by atoms with E-state index < -0.39 is 0 Å². The van der Waals surface area contributed by atoms with E-state index in [0.717, 1.165) is 42.9 Å². The molecule has 5 heteroatoms. The highest BCUT2D eigenvalue weighted by Crippen LogP contribution is 2.29. The van der Waals surface area contributed by atoms with Crippen LogP contribution in [0.25, 0.3) is 11.3 Å². The van der Waals surface area contributed by atoms with Gasteiger partial charge in [0.2, 0.25) is 0 Å². The first kappa shape index (κ1) is 34.5. The summed E-state index contributed by atoms with van der Waals surface area (Å²) in [6.45, 7) is 6.53. The van der Waals surface area contributed by atoms with Crippen LogP contribution in [0.2, 0.25) is 0 Å². The fourth-order valence-electron chi connectivity index (χ4n) is 5.73. The van der Waals surface area contributed by atoms with Crippen LogP contribution in [0.3, 0.4) is 0 Å². The molecule has 1 aromatic carbocycles. The second-order valence-corrected chi connectivity index (χ2v) is 12.3. The van der Waals surface area contributed by atoms with Crippen molar-refractivity contribution in [3.05, 3.63) is 47.9 Å². The van der Waals surface area contributed by atoms with E-state index in [9.17, 15) is 4.39 Å². The lowest BCUT2D eigenvalue weighted by Crippen LogP contribution is -2.27. The summed E-state index contributed by atoms with van der Waals surface area (Å²) in [6, 6.07) is 8.98. The summed E-state index contributed by atoms with van der Waals surface area (Å²) in [5.74, 6) is 0.446. The number of pyridine rings is 1. The van der Waals surface area contributed by atoms with Crippen molar-refractivity contribution in [1.82, 2.24) is 4.98 Å². The van der Waals surface area contributed by atoms with Crippen molar-refractivity contribution in [2.24, 2.45) is 5.92 Å². The van der Waals surface area contributed by atoms with E-state index in [0.29, 0.717) is 18.3 Å². The zero-order chi connectivity index (χ0) is 29.7. The minimum Gasteiger partial charge on any atom is -0.491 e. The number of aromatic nitrogens is 1. The van der Waals surface area contributed by atoms with Gasteiger partial charge in [-0.05, 0) is 37.1 Å². The number of hydrogen-bond acceptors (Lipinski definition) is 4. The van der Waals surface area contributed by atoms with Gasteiger partial charge in [0.25, 0.3) is 0 Å². The van der Waals surface area contributed by atoms with Gasteiger partial charge in [0.15, 0.2) is 17.9 Å². The minimum atomic E-state index is -0.376. The van der Waals surface area contributed by atoms with Crippen molar-refractivity contribution in [2.45, 2.75) is 142 Å². The summed E-state index contributed by atoms with van der Waals surface area (Å²) >= 11 is 0. The largest absolute Gasteiger partial charge is 0.491 e. The molecule has 1 saturated heterocycles. The Morgan fingerprint density at radius 1 is 0.714 bits per heavy atom. The Morgan fingerprint density at radius 3 is 1.83 bits per heavy atom. The molecule has 1 aliphatic rings. The molecule has 0 N–H and O–H groups in total. The Morgan fingerprint density at radius 2 is 1.29 bits per heavy atom. The molecule has 0 atom stereocenters. The maximum Gasteiger partial charge on any atom is 0.185 e. The van der Waals surface area contributed by atoms with E-state index in [1.54, 1.807) is 12.3 Å². The maximum absolute atomic E-state index is 14.7. The molecular weight excluding hydrogens is 525 g/mol. The Hall–Kier alpha value is -1.98. The molecule has 1 aromatic heterocycles. The molecule has 0 amide bonds. The van der Waals surface area contributed by atoms with Crippen LogP contribution >= 0.6 is 0 Å². The molecule has 2 aromatic rings. The van der Waals surface area contributed by atoms with Gasteiger partial charge in [0.05, 0.1) is 25.5 Å². The van der Waals surface area contributed by atoms with Crippen LogP contribution in [0.15, 0.2) is 36.5 Å². The molecule has 0 aliphatic carbocycles. The van der Waals surface area contributed by atoms with Crippen molar-refractivity contribution < 1.29 is 18.6 Å². The third kappa shape index (κ3) is 13.5.